The normalized spacial score (nSPS) is 10.3. The average molecular weight is 308 g/mol. The van der Waals surface area contributed by atoms with Gasteiger partial charge in [-0.1, -0.05) is 6.07 Å². The molecule has 1 heterocycles. The van der Waals surface area contributed by atoms with Crippen LogP contribution < -0.4 is 14.8 Å². The van der Waals surface area contributed by atoms with Crippen molar-refractivity contribution in [2.24, 2.45) is 0 Å². The Labute approximate surface area is 129 Å². The minimum Gasteiger partial charge on any atom is -0.493 e. The topological polar surface area (TPSA) is 56.3 Å². The Kier molecular flexibility index (Phi) is 5.22. The van der Waals surface area contributed by atoms with Gasteiger partial charge in [-0.2, -0.15) is 0 Å². The molecule has 0 amide bonds. The van der Waals surface area contributed by atoms with E-state index in [1.165, 1.54) is 0 Å². The Bertz CT molecular complexity index is 600. The number of rotatable bonds is 6. The highest BCUT2D eigenvalue weighted by molar-refractivity contribution is 6.28. The fourth-order valence-electron chi connectivity index (χ4n) is 1.99. The van der Waals surface area contributed by atoms with E-state index in [4.69, 9.17) is 21.1 Å². The van der Waals surface area contributed by atoms with E-state index in [2.05, 4.69) is 15.3 Å². The molecule has 112 valence electrons. The fraction of sp³-hybridized carbons (Fsp3) is 0.333. The lowest BCUT2D eigenvalue weighted by atomic mass is 10.1. The number of hydrogen-bond acceptors (Lipinski definition) is 5. The summed E-state index contributed by atoms with van der Waals surface area (Å²) in [5.41, 5.74) is 1.99. The smallest absolute Gasteiger partial charge is 0.224 e. The van der Waals surface area contributed by atoms with Crippen LogP contribution in [0.1, 0.15) is 11.3 Å². The molecule has 0 spiro atoms. The monoisotopic (exact) mass is 307 g/mol. The van der Waals surface area contributed by atoms with Crippen molar-refractivity contribution in [3.63, 3.8) is 0 Å². The SMILES string of the molecule is COc1ccc(CCNc2cc(C)nc(Cl)n2)cc1OC. The van der Waals surface area contributed by atoms with Crippen LogP contribution in [0, 0.1) is 6.92 Å². The van der Waals surface area contributed by atoms with Gasteiger partial charge >= 0.3 is 0 Å². The van der Waals surface area contributed by atoms with Crippen molar-refractivity contribution >= 4 is 17.4 Å². The van der Waals surface area contributed by atoms with Crippen LogP contribution in [0.25, 0.3) is 0 Å². The molecule has 0 aliphatic carbocycles. The van der Waals surface area contributed by atoms with Crippen LogP contribution in [-0.4, -0.2) is 30.7 Å². The number of aryl methyl sites for hydroxylation is 1. The predicted octanol–water partition coefficient (Wildman–Crippen LogP) is 3.11. The lowest BCUT2D eigenvalue weighted by Crippen LogP contribution is -2.07. The highest BCUT2D eigenvalue weighted by Crippen LogP contribution is 2.27. The van der Waals surface area contributed by atoms with E-state index in [0.29, 0.717) is 0 Å². The van der Waals surface area contributed by atoms with Crippen LogP contribution in [0.2, 0.25) is 5.28 Å². The minimum absolute atomic E-state index is 0.253. The maximum atomic E-state index is 5.83. The average Bonchev–Trinajstić information content (AvgIpc) is 2.46. The van der Waals surface area contributed by atoms with Gasteiger partial charge in [-0.05, 0) is 42.6 Å². The third-order valence-corrected chi connectivity index (χ3v) is 3.16. The lowest BCUT2D eigenvalue weighted by Gasteiger charge is -2.10. The van der Waals surface area contributed by atoms with E-state index in [1.54, 1.807) is 14.2 Å². The molecule has 6 heteroatoms. The zero-order valence-electron chi connectivity index (χ0n) is 12.3. The lowest BCUT2D eigenvalue weighted by molar-refractivity contribution is 0.354. The third kappa shape index (κ3) is 4.23. The number of ether oxygens (including phenoxy) is 2. The predicted molar refractivity (Wildman–Crippen MR) is 83.5 cm³/mol. The number of benzene rings is 1. The van der Waals surface area contributed by atoms with E-state index < -0.39 is 0 Å². The van der Waals surface area contributed by atoms with Gasteiger partial charge in [-0.25, -0.2) is 9.97 Å². The Balaban J connectivity index is 1.97. The molecule has 0 atom stereocenters. The second-order valence-electron chi connectivity index (χ2n) is 4.53. The van der Waals surface area contributed by atoms with Gasteiger partial charge in [-0.3, -0.25) is 0 Å². The highest BCUT2D eigenvalue weighted by Gasteiger charge is 2.05. The summed E-state index contributed by atoms with van der Waals surface area (Å²) in [7, 11) is 3.26. The summed E-state index contributed by atoms with van der Waals surface area (Å²) < 4.78 is 10.5. The molecule has 0 aliphatic heterocycles. The van der Waals surface area contributed by atoms with Crippen LogP contribution >= 0.6 is 11.6 Å². The van der Waals surface area contributed by atoms with E-state index in [9.17, 15) is 0 Å². The molecule has 21 heavy (non-hydrogen) atoms. The first kappa shape index (κ1) is 15.4. The molecule has 0 fully saturated rings. The number of halogens is 1. The molecule has 1 aromatic heterocycles. The molecular weight excluding hydrogens is 290 g/mol. The second kappa shape index (κ2) is 7.13. The molecule has 1 aromatic carbocycles. The first-order chi connectivity index (χ1) is 10.1. The Hall–Kier alpha value is -2.01. The number of nitrogens with zero attached hydrogens (tertiary/aromatic N) is 2. The summed E-state index contributed by atoms with van der Waals surface area (Å²) in [6, 6.07) is 7.75. The molecule has 1 N–H and O–H groups in total. The number of aromatic nitrogens is 2. The van der Waals surface area contributed by atoms with Crippen molar-refractivity contribution in [3.05, 3.63) is 40.8 Å². The van der Waals surface area contributed by atoms with E-state index in [-0.39, 0.29) is 5.28 Å². The van der Waals surface area contributed by atoms with Crippen molar-refractivity contribution in [2.45, 2.75) is 13.3 Å². The number of methoxy groups -OCH3 is 2. The molecule has 0 aliphatic rings. The van der Waals surface area contributed by atoms with Crippen LogP contribution in [-0.2, 0) is 6.42 Å². The van der Waals surface area contributed by atoms with Crippen LogP contribution in [0.15, 0.2) is 24.3 Å². The van der Waals surface area contributed by atoms with Gasteiger partial charge in [0.15, 0.2) is 11.5 Å². The number of anilines is 1. The molecule has 2 aromatic rings. The maximum absolute atomic E-state index is 5.83. The summed E-state index contributed by atoms with van der Waals surface area (Å²) >= 11 is 5.83. The summed E-state index contributed by atoms with van der Waals surface area (Å²) in [6.45, 7) is 2.62. The van der Waals surface area contributed by atoms with Gasteiger partial charge in [-0.15, -0.1) is 0 Å². The highest BCUT2D eigenvalue weighted by atomic mass is 35.5. The van der Waals surface area contributed by atoms with Crippen LogP contribution in [0.4, 0.5) is 5.82 Å². The van der Waals surface area contributed by atoms with Crippen LogP contribution in [0.3, 0.4) is 0 Å². The molecule has 0 bridgehead atoms. The quantitative estimate of drug-likeness (QED) is 0.831. The summed E-state index contributed by atoms with van der Waals surface area (Å²) in [5, 5.41) is 3.49. The molecule has 5 nitrogen and oxygen atoms in total. The van der Waals surface area contributed by atoms with Crippen LogP contribution in [0.5, 0.6) is 11.5 Å². The van der Waals surface area contributed by atoms with Gasteiger partial charge in [0.25, 0.3) is 0 Å². The molecular formula is C15H18ClN3O2. The third-order valence-electron chi connectivity index (χ3n) is 2.99. The zero-order chi connectivity index (χ0) is 15.2. The van der Waals surface area contributed by atoms with E-state index >= 15 is 0 Å². The molecule has 0 saturated carbocycles. The Morgan fingerprint density at radius 2 is 1.86 bits per heavy atom. The largest absolute Gasteiger partial charge is 0.493 e. The van der Waals surface area contributed by atoms with Crippen molar-refractivity contribution in [1.82, 2.24) is 9.97 Å². The fourth-order valence-corrected chi connectivity index (χ4v) is 2.22. The first-order valence-electron chi connectivity index (χ1n) is 6.58. The second-order valence-corrected chi connectivity index (χ2v) is 4.87. The van der Waals surface area contributed by atoms with Crippen molar-refractivity contribution in [3.8, 4) is 11.5 Å². The van der Waals surface area contributed by atoms with Crippen molar-refractivity contribution < 1.29 is 9.47 Å². The molecule has 0 saturated heterocycles. The van der Waals surface area contributed by atoms with E-state index in [0.717, 1.165) is 41.5 Å². The Morgan fingerprint density at radius 1 is 1.10 bits per heavy atom. The Morgan fingerprint density at radius 3 is 2.52 bits per heavy atom. The molecule has 0 radical (unpaired) electrons. The van der Waals surface area contributed by atoms with Crippen molar-refractivity contribution in [1.29, 1.82) is 0 Å². The summed E-state index contributed by atoms with van der Waals surface area (Å²) in [6.07, 6.45) is 0.834. The summed E-state index contributed by atoms with van der Waals surface area (Å²) in [4.78, 5) is 8.15. The van der Waals surface area contributed by atoms with Gasteiger partial charge in [0, 0.05) is 18.3 Å². The molecule has 0 unspecified atom stereocenters. The maximum Gasteiger partial charge on any atom is 0.224 e. The van der Waals surface area contributed by atoms with E-state index in [1.807, 2.05) is 31.2 Å². The first-order valence-corrected chi connectivity index (χ1v) is 6.96. The van der Waals surface area contributed by atoms with Gasteiger partial charge in [0.05, 0.1) is 14.2 Å². The van der Waals surface area contributed by atoms with Crippen molar-refractivity contribution in [2.75, 3.05) is 26.1 Å². The zero-order valence-corrected chi connectivity index (χ0v) is 13.1. The summed E-state index contributed by atoms with van der Waals surface area (Å²) in [5.74, 6) is 2.19. The van der Waals surface area contributed by atoms with Gasteiger partial charge in [0.1, 0.15) is 5.82 Å². The van der Waals surface area contributed by atoms with Gasteiger partial charge in [0.2, 0.25) is 5.28 Å². The number of hydrogen-bond donors (Lipinski definition) is 1. The van der Waals surface area contributed by atoms with Gasteiger partial charge < -0.3 is 14.8 Å². The standard InChI is InChI=1S/C15H18ClN3O2/c1-10-8-14(19-15(16)18-10)17-7-6-11-4-5-12(20-2)13(9-11)21-3/h4-5,8-9H,6-7H2,1-3H3,(H,17,18,19). The molecule has 2 rings (SSSR count). The minimum atomic E-state index is 0.253. The number of nitrogens with one attached hydrogen (secondary N) is 1.